The molecule has 0 N–H and O–H groups in total. The Hall–Kier alpha value is -3.07. The number of ether oxygens (including phenoxy) is 1. The largest absolute Gasteiger partial charge is 0.475 e. The Kier molecular flexibility index (Phi) is 7.77. The van der Waals surface area contributed by atoms with E-state index in [-0.39, 0.29) is 45.4 Å². The summed E-state index contributed by atoms with van der Waals surface area (Å²) in [5.41, 5.74) is -3.28. The quantitative estimate of drug-likeness (QED) is 0.225. The molecule has 0 unspecified atom stereocenters. The molecule has 1 aliphatic heterocycles. The van der Waals surface area contributed by atoms with Gasteiger partial charge < -0.3 is 4.74 Å². The predicted octanol–water partition coefficient (Wildman–Crippen LogP) is 7.69. The highest BCUT2D eigenvalue weighted by molar-refractivity contribution is 7.80. The lowest BCUT2D eigenvalue weighted by molar-refractivity contribution is -0.138. The van der Waals surface area contributed by atoms with Gasteiger partial charge in [-0.15, -0.1) is 0 Å². The maximum atomic E-state index is 13.7. The minimum Gasteiger partial charge on any atom is -0.475 e. The Labute approximate surface area is 225 Å². The molecule has 1 atom stereocenters. The van der Waals surface area contributed by atoms with Crippen molar-refractivity contribution in [3.63, 3.8) is 0 Å². The fraction of sp³-hybridized carbons (Fsp3) is 0.321. The van der Waals surface area contributed by atoms with E-state index in [1.165, 1.54) is 30.3 Å². The number of halogens is 9. The molecule has 0 radical (unpaired) electrons. The van der Waals surface area contributed by atoms with Crippen LogP contribution in [0.1, 0.15) is 43.0 Å². The van der Waals surface area contributed by atoms with E-state index in [1.807, 2.05) is 20.8 Å². The fourth-order valence-electron chi connectivity index (χ4n) is 4.07. The smallest absolute Gasteiger partial charge is 0.416 e. The molecule has 3 aromatic carbocycles. The van der Waals surface area contributed by atoms with E-state index < -0.39 is 43.1 Å². The molecule has 3 aromatic rings. The summed E-state index contributed by atoms with van der Waals surface area (Å²) >= 11 is 0. The van der Waals surface area contributed by atoms with Crippen LogP contribution < -0.4 is 15.9 Å². The topological polar surface area (TPSA) is 21.6 Å². The second-order valence-corrected chi connectivity index (χ2v) is 12.5. The molecule has 4 rings (SSSR count). The Balaban J connectivity index is 1.94. The molecule has 12 heteroatoms. The van der Waals surface area contributed by atoms with Gasteiger partial charge in [0.1, 0.15) is 6.61 Å². The molecule has 1 heterocycles. The molecule has 0 saturated carbocycles. The number of alkyl halides is 9. The van der Waals surface area contributed by atoms with Crippen molar-refractivity contribution in [3.8, 4) is 0 Å². The third kappa shape index (κ3) is 6.45. The van der Waals surface area contributed by atoms with Crippen LogP contribution in [0.25, 0.3) is 0 Å². The number of rotatable bonds is 4. The van der Waals surface area contributed by atoms with Crippen LogP contribution >= 0.6 is 7.92 Å². The molecule has 0 bridgehead atoms. The van der Waals surface area contributed by atoms with Crippen molar-refractivity contribution < 1.29 is 44.3 Å². The number of hydrogen-bond donors (Lipinski definition) is 0. The zero-order valence-corrected chi connectivity index (χ0v) is 22.2. The van der Waals surface area contributed by atoms with Crippen molar-refractivity contribution in [3.05, 3.63) is 89.0 Å². The summed E-state index contributed by atoms with van der Waals surface area (Å²) in [6.07, 6.45) is -14.0. The molecule has 0 fully saturated rings. The Morgan fingerprint density at radius 3 is 1.45 bits per heavy atom. The second-order valence-electron chi connectivity index (χ2n) is 10.3. The molecule has 40 heavy (non-hydrogen) atoms. The molecular formula is C28H23F9NOP. The van der Waals surface area contributed by atoms with Crippen LogP contribution in [-0.2, 0) is 23.3 Å². The van der Waals surface area contributed by atoms with Crippen molar-refractivity contribution in [2.24, 2.45) is 10.4 Å². The van der Waals surface area contributed by atoms with Gasteiger partial charge in [-0.1, -0.05) is 51.1 Å². The standard InChI is InChI=1S/C28H23F9NOP/c1-25(2,3)23-15-39-24(38-23)21-14-18(28(35,36)37)8-13-22(21)40(19-9-4-16(5-10-19)26(29,30)31)20-11-6-17(7-12-20)27(32,33)34/h4-14,23H,15H2,1-3H3/t23-/m0/s1. The molecule has 214 valence electrons. The average molecular weight is 591 g/mol. The lowest BCUT2D eigenvalue weighted by Gasteiger charge is -2.24. The number of hydrogen-bond acceptors (Lipinski definition) is 2. The first-order valence-corrected chi connectivity index (χ1v) is 13.3. The summed E-state index contributed by atoms with van der Waals surface area (Å²) < 4.78 is 126. The van der Waals surface area contributed by atoms with Crippen LogP contribution in [0.4, 0.5) is 39.5 Å². The zero-order valence-electron chi connectivity index (χ0n) is 21.3. The maximum absolute atomic E-state index is 13.7. The van der Waals surface area contributed by atoms with Crippen molar-refractivity contribution in [1.29, 1.82) is 0 Å². The van der Waals surface area contributed by atoms with Gasteiger partial charge in [-0.3, -0.25) is 0 Å². The predicted molar refractivity (Wildman–Crippen MR) is 136 cm³/mol. The molecule has 1 aliphatic rings. The Morgan fingerprint density at radius 2 is 1.07 bits per heavy atom. The van der Waals surface area contributed by atoms with Gasteiger partial charge in [0.2, 0.25) is 5.90 Å². The minimum absolute atomic E-state index is 0.0209. The summed E-state index contributed by atoms with van der Waals surface area (Å²) in [6.45, 7) is 5.76. The van der Waals surface area contributed by atoms with Gasteiger partial charge in [0.05, 0.1) is 22.7 Å². The number of aliphatic imine (C=N–C) groups is 1. The maximum Gasteiger partial charge on any atom is 0.416 e. The second kappa shape index (κ2) is 10.4. The van der Waals surface area contributed by atoms with Crippen LogP contribution in [0.5, 0.6) is 0 Å². The van der Waals surface area contributed by atoms with Crippen LogP contribution in [0.3, 0.4) is 0 Å². The fourth-order valence-corrected chi connectivity index (χ4v) is 6.44. The lowest BCUT2D eigenvalue weighted by atomic mass is 9.88. The van der Waals surface area contributed by atoms with E-state index in [0.29, 0.717) is 0 Å². The van der Waals surface area contributed by atoms with Crippen LogP contribution in [0.15, 0.2) is 71.7 Å². The van der Waals surface area contributed by atoms with E-state index in [0.717, 1.165) is 36.4 Å². The number of nitrogens with zero attached hydrogens (tertiary/aromatic N) is 1. The van der Waals surface area contributed by atoms with Gasteiger partial charge in [-0.2, -0.15) is 39.5 Å². The van der Waals surface area contributed by atoms with Gasteiger partial charge in [0, 0.05) is 5.56 Å². The number of benzene rings is 3. The van der Waals surface area contributed by atoms with Gasteiger partial charge >= 0.3 is 18.5 Å². The molecule has 0 saturated heterocycles. The molecule has 0 spiro atoms. The van der Waals surface area contributed by atoms with E-state index in [2.05, 4.69) is 4.99 Å². The molecule has 0 amide bonds. The summed E-state index contributed by atoms with van der Waals surface area (Å²) in [5.74, 6) is -0.0626. The lowest BCUT2D eigenvalue weighted by Crippen LogP contribution is -2.27. The highest BCUT2D eigenvalue weighted by atomic mass is 31.1. The van der Waals surface area contributed by atoms with E-state index in [9.17, 15) is 39.5 Å². The third-order valence-electron chi connectivity index (χ3n) is 6.35. The summed E-state index contributed by atoms with van der Waals surface area (Å²) in [4.78, 5) is 4.52. The van der Waals surface area contributed by atoms with Gasteiger partial charge in [0.25, 0.3) is 0 Å². The first-order valence-electron chi connectivity index (χ1n) is 11.9. The van der Waals surface area contributed by atoms with E-state index in [1.54, 1.807) is 0 Å². The Bertz CT molecular complexity index is 1330. The average Bonchev–Trinajstić information content (AvgIpc) is 3.34. The van der Waals surface area contributed by atoms with Crippen LogP contribution in [-0.4, -0.2) is 18.5 Å². The van der Waals surface area contributed by atoms with Gasteiger partial charge in [0.15, 0.2) is 0 Å². The Morgan fingerprint density at radius 1 is 0.650 bits per heavy atom. The van der Waals surface area contributed by atoms with Crippen molar-refractivity contribution >= 4 is 29.7 Å². The highest BCUT2D eigenvalue weighted by Gasteiger charge is 2.37. The minimum atomic E-state index is -4.72. The highest BCUT2D eigenvalue weighted by Crippen LogP contribution is 2.40. The van der Waals surface area contributed by atoms with Crippen LogP contribution in [0, 0.1) is 5.41 Å². The summed E-state index contributed by atoms with van der Waals surface area (Å²) in [6, 6.07) is 10.6. The first kappa shape index (κ1) is 29.9. The van der Waals surface area contributed by atoms with E-state index in [4.69, 9.17) is 4.74 Å². The zero-order chi connectivity index (χ0) is 29.7. The third-order valence-corrected chi connectivity index (χ3v) is 8.85. The van der Waals surface area contributed by atoms with Gasteiger partial charge in [-0.25, -0.2) is 4.99 Å². The first-order chi connectivity index (χ1) is 18.4. The molecule has 0 aliphatic carbocycles. The van der Waals surface area contributed by atoms with Crippen molar-refractivity contribution in [2.45, 2.75) is 45.3 Å². The molecule has 2 nitrogen and oxygen atoms in total. The summed E-state index contributed by atoms with van der Waals surface area (Å²) in [7, 11) is -1.93. The molecule has 0 aromatic heterocycles. The van der Waals surface area contributed by atoms with Gasteiger partial charge in [-0.05, 0) is 65.6 Å². The summed E-state index contributed by atoms with van der Waals surface area (Å²) in [5, 5.41) is 0.820. The van der Waals surface area contributed by atoms with E-state index >= 15 is 0 Å². The SMILES string of the molecule is CC(C)(C)[C@@H]1COC(c2cc(C(F)(F)F)ccc2P(c2ccc(C(F)(F)F)cc2)c2ccc(C(F)(F)F)cc2)=N1. The van der Waals surface area contributed by atoms with Crippen molar-refractivity contribution in [2.75, 3.05) is 6.61 Å². The van der Waals surface area contributed by atoms with Crippen molar-refractivity contribution in [1.82, 2.24) is 0 Å². The monoisotopic (exact) mass is 591 g/mol. The normalized spacial score (nSPS) is 16.7. The van der Waals surface area contributed by atoms with Crippen LogP contribution in [0.2, 0.25) is 0 Å². The molecular weight excluding hydrogens is 568 g/mol.